The van der Waals surface area contributed by atoms with Gasteiger partial charge in [0.1, 0.15) is 1.37 Å². The number of imidazole rings is 1. The topological polar surface area (TPSA) is 30.7 Å². The molecule has 0 atom stereocenters. The average molecular weight is 227 g/mol. The lowest BCUT2D eigenvalue weighted by Gasteiger charge is -1.99. The van der Waals surface area contributed by atoms with Gasteiger partial charge in [-0.2, -0.15) is 0 Å². The van der Waals surface area contributed by atoms with Crippen molar-refractivity contribution in [1.82, 2.24) is 14.5 Å². The molecule has 3 nitrogen and oxygen atoms in total. The molecule has 4 heteroatoms. The molecule has 12 heavy (non-hydrogen) atoms. The van der Waals surface area contributed by atoms with Gasteiger partial charge in [0.05, 0.1) is 20.9 Å². The number of nitrogens with zero attached hydrogens (tertiary/aromatic N) is 3. The molecule has 0 saturated heterocycles. The molecule has 0 aliphatic heterocycles. The fourth-order valence-electron chi connectivity index (χ4n) is 0.820. The summed E-state index contributed by atoms with van der Waals surface area (Å²) in [7, 11) is 0. The third kappa shape index (κ3) is 1.38. The van der Waals surface area contributed by atoms with E-state index >= 15 is 0 Å². The van der Waals surface area contributed by atoms with E-state index in [2.05, 4.69) is 25.9 Å². The summed E-state index contributed by atoms with van der Waals surface area (Å²) in [6.45, 7) is 0. The van der Waals surface area contributed by atoms with Crippen molar-refractivity contribution < 1.29 is 4.11 Å². The highest BCUT2D eigenvalue weighted by Crippen LogP contribution is 2.12. The molecule has 0 spiro atoms. The molecule has 0 bridgehead atoms. The maximum absolute atomic E-state index is 7.57. The molecule has 0 aromatic carbocycles. The van der Waals surface area contributed by atoms with Gasteiger partial charge in [0.15, 0.2) is 0 Å². The molecule has 0 aliphatic rings. The monoisotopic (exact) mass is 226 g/mol. The zero-order valence-electron chi connectivity index (χ0n) is 8.95. The minimum atomic E-state index is -0.208. The maximum Gasteiger partial charge on any atom is 0.105 e. The van der Waals surface area contributed by atoms with E-state index in [-0.39, 0.29) is 18.6 Å². The Morgan fingerprint density at radius 1 is 1.42 bits per heavy atom. The van der Waals surface area contributed by atoms with E-state index in [0.717, 1.165) is 4.47 Å². The summed E-state index contributed by atoms with van der Waals surface area (Å²) in [5.74, 6) is 0. The van der Waals surface area contributed by atoms with Crippen molar-refractivity contribution in [1.29, 1.82) is 0 Å². The molecule has 60 valence electrons. The van der Waals surface area contributed by atoms with Crippen molar-refractivity contribution in [3.63, 3.8) is 0 Å². The van der Waals surface area contributed by atoms with Crippen molar-refractivity contribution in [3.8, 4) is 5.69 Å². The SMILES string of the molecule is [2H]c1nc([2H])n(-c2cncc(Br)c2)c1[2H]. The van der Waals surface area contributed by atoms with E-state index in [1.165, 1.54) is 10.8 Å². The van der Waals surface area contributed by atoms with Crippen molar-refractivity contribution in [2.75, 3.05) is 0 Å². The second kappa shape index (κ2) is 3.06. The molecule has 0 amide bonds. The first-order valence-electron chi connectivity index (χ1n) is 4.73. The first kappa shape index (κ1) is 4.77. The normalized spacial score (nSPS) is 13.6. The third-order valence-corrected chi connectivity index (χ3v) is 1.75. The molecule has 2 aromatic rings. The lowest BCUT2D eigenvalue weighted by molar-refractivity contribution is 1.04. The number of hydrogen-bond acceptors (Lipinski definition) is 2. The lowest BCUT2D eigenvalue weighted by Crippen LogP contribution is -1.90. The molecule has 0 aliphatic carbocycles. The van der Waals surface area contributed by atoms with Gasteiger partial charge in [-0.25, -0.2) is 4.98 Å². The van der Waals surface area contributed by atoms with Crippen LogP contribution in [0.4, 0.5) is 0 Å². The van der Waals surface area contributed by atoms with Gasteiger partial charge in [-0.05, 0) is 22.0 Å². The average Bonchev–Trinajstić information content (AvgIpc) is 2.41. The number of pyridine rings is 1. The summed E-state index contributed by atoms with van der Waals surface area (Å²) >= 11 is 3.25. The van der Waals surface area contributed by atoms with Crippen molar-refractivity contribution in [2.45, 2.75) is 0 Å². The van der Waals surface area contributed by atoms with Gasteiger partial charge >= 0.3 is 0 Å². The van der Waals surface area contributed by atoms with Crippen LogP contribution < -0.4 is 0 Å². The van der Waals surface area contributed by atoms with Crippen LogP contribution in [0.3, 0.4) is 0 Å². The van der Waals surface area contributed by atoms with E-state index < -0.39 is 0 Å². The van der Waals surface area contributed by atoms with Gasteiger partial charge in [-0.15, -0.1) is 0 Å². The van der Waals surface area contributed by atoms with Crippen LogP contribution in [0.25, 0.3) is 5.69 Å². The molecule has 2 aromatic heterocycles. The van der Waals surface area contributed by atoms with E-state index in [1.54, 1.807) is 12.3 Å². The van der Waals surface area contributed by atoms with Gasteiger partial charge in [-0.3, -0.25) is 4.98 Å². The Morgan fingerprint density at radius 2 is 2.33 bits per heavy atom. The number of halogens is 1. The van der Waals surface area contributed by atoms with Crippen molar-refractivity contribution >= 4 is 15.9 Å². The summed E-state index contributed by atoms with van der Waals surface area (Å²) < 4.78 is 24.4. The summed E-state index contributed by atoms with van der Waals surface area (Å²) in [4.78, 5) is 7.51. The fraction of sp³-hybridized carbons (Fsp3) is 0. The fourth-order valence-corrected chi connectivity index (χ4v) is 1.17. The standard InChI is InChI=1S/C8H6BrN3/c9-7-3-8(5-11-4-7)12-2-1-10-6-12/h1-6H/i1D,2D,6D. The Balaban J connectivity index is 2.63. The smallest absolute Gasteiger partial charge is 0.105 e. The second-order valence-corrected chi connectivity index (χ2v) is 3.05. The van der Waals surface area contributed by atoms with E-state index in [0.29, 0.717) is 5.69 Å². The largest absolute Gasteiger partial charge is 0.305 e. The summed E-state index contributed by atoms with van der Waals surface area (Å²) in [6, 6.07) is 1.71. The molecule has 0 saturated carbocycles. The summed E-state index contributed by atoms with van der Waals surface area (Å²) in [5, 5.41) is 0. The van der Waals surface area contributed by atoms with Gasteiger partial charge in [0.2, 0.25) is 0 Å². The van der Waals surface area contributed by atoms with Crippen LogP contribution in [0.2, 0.25) is 0 Å². The quantitative estimate of drug-likeness (QED) is 0.746. The van der Waals surface area contributed by atoms with Gasteiger partial charge in [0.25, 0.3) is 0 Å². The molecular weight excluding hydrogens is 218 g/mol. The van der Waals surface area contributed by atoms with E-state index in [4.69, 9.17) is 4.11 Å². The van der Waals surface area contributed by atoms with E-state index in [1.807, 2.05) is 0 Å². The van der Waals surface area contributed by atoms with Gasteiger partial charge < -0.3 is 4.57 Å². The summed E-state index contributed by atoms with van der Waals surface area (Å²) in [6.07, 6.45) is 2.67. The molecule has 0 N–H and O–H groups in total. The van der Waals surface area contributed by atoms with Crippen LogP contribution in [-0.4, -0.2) is 14.5 Å². The highest BCUT2D eigenvalue weighted by molar-refractivity contribution is 9.10. The Kier molecular flexibility index (Phi) is 1.22. The highest BCUT2D eigenvalue weighted by atomic mass is 79.9. The van der Waals surface area contributed by atoms with Crippen LogP contribution in [0.1, 0.15) is 4.11 Å². The Labute approximate surface area is 82.4 Å². The molecule has 0 unspecified atom stereocenters. The molecule has 2 rings (SSSR count). The first-order chi connectivity index (χ1) is 7.09. The van der Waals surface area contributed by atoms with Crippen molar-refractivity contribution in [3.05, 3.63) is 41.6 Å². The summed E-state index contributed by atoms with van der Waals surface area (Å²) in [5.41, 5.74) is 0.547. The van der Waals surface area contributed by atoms with Crippen LogP contribution in [0.15, 0.2) is 41.6 Å². The van der Waals surface area contributed by atoms with Crippen LogP contribution in [0.5, 0.6) is 0 Å². The lowest BCUT2D eigenvalue weighted by atomic mass is 10.4. The number of rotatable bonds is 1. The third-order valence-electron chi connectivity index (χ3n) is 1.32. The van der Waals surface area contributed by atoms with Crippen LogP contribution >= 0.6 is 15.9 Å². The minimum absolute atomic E-state index is 0.111. The predicted octanol–water partition coefficient (Wildman–Crippen LogP) is 2.03. The van der Waals surface area contributed by atoms with Crippen molar-refractivity contribution in [2.24, 2.45) is 0 Å². The number of hydrogen-bond donors (Lipinski definition) is 0. The Bertz CT molecular complexity index is 512. The molecular formula is C8H6BrN3. The number of aromatic nitrogens is 3. The van der Waals surface area contributed by atoms with Gasteiger partial charge in [-0.1, -0.05) is 0 Å². The highest BCUT2D eigenvalue weighted by Gasteiger charge is 1.95. The molecule has 2 heterocycles. The maximum atomic E-state index is 7.57. The first-order valence-corrected chi connectivity index (χ1v) is 4.02. The molecule has 0 fully saturated rings. The second-order valence-electron chi connectivity index (χ2n) is 2.13. The van der Waals surface area contributed by atoms with Gasteiger partial charge in [0, 0.05) is 23.0 Å². The molecule has 0 radical (unpaired) electrons. The Hall–Kier alpha value is -1.16. The Morgan fingerprint density at radius 3 is 3.00 bits per heavy atom. The van der Waals surface area contributed by atoms with Crippen LogP contribution in [0, 0.1) is 0 Å². The predicted molar refractivity (Wildman–Crippen MR) is 49.1 cm³/mol. The minimum Gasteiger partial charge on any atom is -0.305 e. The zero-order valence-corrected chi connectivity index (χ0v) is 7.54. The van der Waals surface area contributed by atoms with E-state index in [9.17, 15) is 0 Å². The zero-order chi connectivity index (χ0) is 11.0. The van der Waals surface area contributed by atoms with Crippen LogP contribution in [-0.2, 0) is 0 Å².